The van der Waals surface area contributed by atoms with Gasteiger partial charge in [-0.3, -0.25) is 4.98 Å². The number of nitrogens with zero attached hydrogens (tertiary/aromatic N) is 4. The molecule has 0 unspecified atom stereocenters. The minimum absolute atomic E-state index is 0.664. The molecule has 0 saturated carbocycles. The van der Waals surface area contributed by atoms with Crippen LogP contribution >= 0.6 is 11.3 Å². The highest BCUT2D eigenvalue weighted by molar-refractivity contribution is 7.13. The normalized spacial score (nSPS) is 10.8. The van der Waals surface area contributed by atoms with Crippen LogP contribution in [0.4, 0.5) is 5.82 Å². The first-order valence-electron chi connectivity index (χ1n) is 7.15. The third kappa shape index (κ3) is 2.53. The lowest BCUT2D eigenvalue weighted by Gasteiger charge is -2.09. The average molecular weight is 319 g/mol. The van der Waals surface area contributed by atoms with Crippen LogP contribution in [0.5, 0.6) is 0 Å². The molecule has 5 nitrogen and oxygen atoms in total. The predicted octanol–water partition coefficient (Wildman–Crippen LogP) is 3.86. The second-order valence-electron chi connectivity index (χ2n) is 4.96. The Morgan fingerprint density at radius 1 is 1.04 bits per heavy atom. The molecule has 3 heterocycles. The number of aromatic nitrogens is 4. The zero-order valence-electron chi connectivity index (χ0n) is 12.4. The van der Waals surface area contributed by atoms with Crippen molar-refractivity contribution in [2.45, 2.75) is 0 Å². The Morgan fingerprint density at radius 2 is 2.00 bits per heavy atom. The van der Waals surface area contributed by atoms with E-state index in [2.05, 4.69) is 31.3 Å². The van der Waals surface area contributed by atoms with Crippen molar-refractivity contribution in [3.05, 3.63) is 54.3 Å². The van der Waals surface area contributed by atoms with Crippen molar-refractivity contribution in [1.29, 1.82) is 0 Å². The molecule has 0 atom stereocenters. The first kappa shape index (κ1) is 13.8. The quantitative estimate of drug-likeness (QED) is 0.621. The molecule has 4 aromatic rings. The first-order chi connectivity index (χ1) is 11.3. The summed E-state index contributed by atoms with van der Waals surface area (Å²) in [5, 5.41) is 7.11. The molecule has 0 amide bonds. The molecule has 0 aliphatic carbocycles. The van der Waals surface area contributed by atoms with E-state index in [0.29, 0.717) is 5.82 Å². The van der Waals surface area contributed by atoms with Crippen LogP contribution in [0.15, 0.2) is 54.3 Å². The van der Waals surface area contributed by atoms with Crippen molar-refractivity contribution < 1.29 is 0 Å². The number of hydrogen-bond donors (Lipinski definition) is 1. The van der Waals surface area contributed by atoms with Crippen LogP contribution < -0.4 is 5.32 Å². The molecule has 1 aromatic carbocycles. The molecule has 112 valence electrons. The van der Waals surface area contributed by atoms with Gasteiger partial charge < -0.3 is 5.32 Å². The lowest BCUT2D eigenvalue weighted by atomic mass is 10.1. The van der Waals surface area contributed by atoms with Gasteiger partial charge in [0, 0.05) is 47.5 Å². The maximum Gasteiger partial charge on any atom is 0.163 e. The van der Waals surface area contributed by atoms with Gasteiger partial charge in [0.2, 0.25) is 0 Å². The molecule has 4 rings (SSSR count). The average Bonchev–Trinajstić information content (AvgIpc) is 3.15. The van der Waals surface area contributed by atoms with Crippen molar-refractivity contribution in [3.8, 4) is 22.0 Å². The summed E-state index contributed by atoms with van der Waals surface area (Å²) in [5.41, 5.74) is 2.86. The zero-order chi connectivity index (χ0) is 15.6. The number of hydrogen-bond acceptors (Lipinski definition) is 6. The van der Waals surface area contributed by atoms with Gasteiger partial charge in [0.15, 0.2) is 5.82 Å². The molecule has 6 heteroatoms. The molecule has 0 saturated heterocycles. The highest BCUT2D eigenvalue weighted by atomic mass is 32.1. The second-order valence-corrected chi connectivity index (χ2v) is 5.85. The highest BCUT2D eigenvalue weighted by Crippen LogP contribution is 2.30. The van der Waals surface area contributed by atoms with E-state index in [1.165, 1.54) is 0 Å². The van der Waals surface area contributed by atoms with E-state index in [1.54, 1.807) is 23.7 Å². The molecular formula is C17H13N5S. The summed E-state index contributed by atoms with van der Waals surface area (Å²) in [6, 6.07) is 9.97. The summed E-state index contributed by atoms with van der Waals surface area (Å²) in [6.07, 6.45) is 5.32. The summed E-state index contributed by atoms with van der Waals surface area (Å²) in [7, 11) is 1.87. The van der Waals surface area contributed by atoms with E-state index in [-0.39, 0.29) is 0 Å². The van der Waals surface area contributed by atoms with Crippen LogP contribution in [-0.4, -0.2) is 27.0 Å². The van der Waals surface area contributed by atoms with E-state index >= 15 is 0 Å². The predicted molar refractivity (Wildman–Crippen MR) is 93.4 cm³/mol. The summed E-state index contributed by atoms with van der Waals surface area (Å²) >= 11 is 1.62. The molecular weight excluding hydrogens is 306 g/mol. The number of anilines is 1. The SMILES string of the molecule is CNc1nc(-c2cccnc2)nc2ccc(-c3nccs3)cc12. The maximum absolute atomic E-state index is 4.67. The molecule has 0 bridgehead atoms. The van der Waals surface area contributed by atoms with E-state index in [1.807, 2.05) is 42.9 Å². The maximum atomic E-state index is 4.67. The first-order valence-corrected chi connectivity index (χ1v) is 8.03. The van der Waals surface area contributed by atoms with Crippen molar-refractivity contribution in [1.82, 2.24) is 19.9 Å². The van der Waals surface area contributed by atoms with Gasteiger partial charge in [-0.2, -0.15) is 0 Å². The standard InChI is InChI=1S/C17H13N5S/c1-18-16-13-9-11(17-20-7-8-23-17)4-5-14(13)21-15(22-16)12-3-2-6-19-10-12/h2-10H,1H3,(H,18,21,22). The van der Waals surface area contributed by atoms with Crippen molar-refractivity contribution >= 4 is 28.1 Å². The molecule has 0 aliphatic rings. The summed E-state index contributed by atoms with van der Waals surface area (Å²) in [5.74, 6) is 1.46. The number of fused-ring (bicyclic) bond motifs is 1. The minimum atomic E-state index is 0.664. The Balaban J connectivity index is 1.91. The van der Waals surface area contributed by atoms with E-state index in [9.17, 15) is 0 Å². The molecule has 0 fully saturated rings. The van der Waals surface area contributed by atoms with Crippen LogP contribution in [-0.2, 0) is 0 Å². The largest absolute Gasteiger partial charge is 0.373 e. The molecule has 1 N–H and O–H groups in total. The van der Waals surface area contributed by atoms with Crippen molar-refractivity contribution in [2.24, 2.45) is 0 Å². The van der Waals surface area contributed by atoms with Crippen LogP contribution in [0.25, 0.3) is 32.9 Å². The molecule has 23 heavy (non-hydrogen) atoms. The fourth-order valence-corrected chi connectivity index (χ4v) is 3.08. The van der Waals surface area contributed by atoms with Gasteiger partial charge in [-0.15, -0.1) is 11.3 Å². The number of nitrogens with one attached hydrogen (secondary N) is 1. The third-order valence-electron chi connectivity index (χ3n) is 3.53. The Kier molecular flexibility index (Phi) is 3.44. The van der Waals surface area contributed by atoms with Crippen LogP contribution in [0.1, 0.15) is 0 Å². The van der Waals surface area contributed by atoms with Crippen molar-refractivity contribution in [3.63, 3.8) is 0 Å². The van der Waals surface area contributed by atoms with Gasteiger partial charge in [0.05, 0.1) is 5.52 Å². The zero-order valence-corrected chi connectivity index (χ0v) is 13.2. The second kappa shape index (κ2) is 5.73. The van der Waals surface area contributed by atoms with Crippen LogP contribution in [0.3, 0.4) is 0 Å². The van der Waals surface area contributed by atoms with Gasteiger partial charge in [-0.05, 0) is 30.3 Å². The molecule has 3 aromatic heterocycles. The van der Waals surface area contributed by atoms with Gasteiger partial charge in [-0.1, -0.05) is 0 Å². The van der Waals surface area contributed by atoms with Crippen molar-refractivity contribution in [2.75, 3.05) is 12.4 Å². The number of thiazole rings is 1. The number of rotatable bonds is 3. The minimum Gasteiger partial charge on any atom is -0.373 e. The Morgan fingerprint density at radius 3 is 2.74 bits per heavy atom. The Bertz CT molecular complexity index is 952. The fourth-order valence-electron chi connectivity index (χ4n) is 2.44. The molecule has 0 aliphatic heterocycles. The summed E-state index contributed by atoms with van der Waals surface area (Å²) in [6.45, 7) is 0. The topological polar surface area (TPSA) is 63.6 Å². The number of pyridine rings is 1. The Hall–Kier alpha value is -2.86. The van der Waals surface area contributed by atoms with E-state index in [4.69, 9.17) is 0 Å². The lowest BCUT2D eigenvalue weighted by Crippen LogP contribution is -1.99. The van der Waals surface area contributed by atoms with E-state index in [0.717, 1.165) is 32.9 Å². The summed E-state index contributed by atoms with van der Waals surface area (Å²) < 4.78 is 0. The molecule has 0 radical (unpaired) electrons. The van der Waals surface area contributed by atoms with Crippen LogP contribution in [0.2, 0.25) is 0 Å². The number of benzene rings is 1. The van der Waals surface area contributed by atoms with Gasteiger partial charge in [-0.25, -0.2) is 15.0 Å². The summed E-state index contributed by atoms with van der Waals surface area (Å²) in [4.78, 5) is 17.8. The Labute approximate surface area is 137 Å². The van der Waals surface area contributed by atoms with Crippen LogP contribution in [0, 0.1) is 0 Å². The third-order valence-corrected chi connectivity index (χ3v) is 4.35. The smallest absolute Gasteiger partial charge is 0.163 e. The highest BCUT2D eigenvalue weighted by Gasteiger charge is 2.10. The monoisotopic (exact) mass is 319 g/mol. The van der Waals surface area contributed by atoms with E-state index < -0.39 is 0 Å². The lowest BCUT2D eigenvalue weighted by molar-refractivity contribution is 1.20. The van der Waals surface area contributed by atoms with Gasteiger partial charge >= 0.3 is 0 Å². The fraction of sp³-hybridized carbons (Fsp3) is 0.0588. The molecule has 0 spiro atoms. The van der Waals surface area contributed by atoms with Gasteiger partial charge in [0.25, 0.3) is 0 Å². The van der Waals surface area contributed by atoms with Gasteiger partial charge in [0.1, 0.15) is 10.8 Å².